The van der Waals surface area contributed by atoms with Crippen LogP contribution in [0.3, 0.4) is 0 Å². The van der Waals surface area contributed by atoms with Gasteiger partial charge in [-0.2, -0.15) is 39.5 Å². The van der Waals surface area contributed by atoms with Crippen LogP contribution >= 0.6 is 27.5 Å². The summed E-state index contributed by atoms with van der Waals surface area (Å²) in [6, 6.07) is 38.5. The lowest BCUT2D eigenvalue weighted by Gasteiger charge is -2.29. The molecule has 25 nitrogen and oxygen atoms in total. The smallest absolute Gasteiger partial charge is 0.416 e. The van der Waals surface area contributed by atoms with E-state index in [4.69, 9.17) is 53.3 Å². The summed E-state index contributed by atoms with van der Waals surface area (Å²) < 4.78 is 139. The summed E-state index contributed by atoms with van der Waals surface area (Å²) in [4.78, 5) is 80.2. The Morgan fingerprint density at radius 3 is 1.17 bits per heavy atom. The van der Waals surface area contributed by atoms with Crippen molar-refractivity contribution in [3.8, 4) is 33.4 Å². The Bertz CT molecular complexity index is 5250. The highest BCUT2D eigenvalue weighted by Gasteiger charge is 2.37. The lowest BCUT2D eigenvalue weighted by molar-refractivity contribution is -0.139. The van der Waals surface area contributed by atoms with Gasteiger partial charge in [0.1, 0.15) is 17.1 Å². The summed E-state index contributed by atoms with van der Waals surface area (Å²) in [5.41, 5.74) is 27.6. The number of ether oxygens (including phenoxy) is 3. The first-order valence-corrected chi connectivity index (χ1v) is 38.3. The number of aromatic carboxylic acids is 1. The van der Waals surface area contributed by atoms with Gasteiger partial charge in [0, 0.05) is 142 Å². The van der Waals surface area contributed by atoms with Crippen LogP contribution in [0.5, 0.6) is 0 Å². The van der Waals surface area contributed by atoms with Gasteiger partial charge < -0.3 is 87.9 Å². The number of aromatic nitrogens is 3. The fourth-order valence-corrected chi connectivity index (χ4v) is 13.7. The molecule has 13 rings (SSSR count). The van der Waals surface area contributed by atoms with Crippen LogP contribution in [0.25, 0.3) is 33.4 Å². The Kier molecular flexibility index (Phi) is 33.8. The molecule has 0 unspecified atom stereocenters. The van der Waals surface area contributed by atoms with Crippen molar-refractivity contribution in [1.82, 2.24) is 26.0 Å². The van der Waals surface area contributed by atoms with Crippen LogP contribution in [0.4, 0.5) is 85.0 Å². The lowest BCUT2D eigenvalue weighted by atomic mass is 10.00. The van der Waals surface area contributed by atoms with Gasteiger partial charge >= 0.3 is 24.5 Å². The van der Waals surface area contributed by atoms with E-state index in [-0.39, 0.29) is 80.1 Å². The maximum atomic E-state index is 13.4. The zero-order chi connectivity index (χ0) is 86.1. The number of nitrogen functional groups attached to an aromatic ring is 2. The maximum Gasteiger partial charge on any atom is 0.416 e. The molecule has 642 valence electrons. The predicted molar refractivity (Wildman–Crippen MR) is 453 cm³/mol. The lowest BCUT2D eigenvalue weighted by Crippen LogP contribution is -2.40. The van der Waals surface area contributed by atoms with Crippen LogP contribution in [0.2, 0.25) is 0 Å². The van der Waals surface area contributed by atoms with Crippen molar-refractivity contribution in [1.29, 1.82) is 0 Å². The Morgan fingerprint density at radius 2 is 0.817 bits per heavy atom. The number of hydrogen-bond donors (Lipinski definition) is 10. The number of nitrogens with one attached hydrogen (secondary N) is 3. The van der Waals surface area contributed by atoms with E-state index in [2.05, 4.69) is 31.5 Å². The highest BCUT2D eigenvalue weighted by molar-refractivity contribution is 9.08. The highest BCUT2D eigenvalue weighted by Crippen LogP contribution is 2.38. The zero-order valence-corrected chi connectivity index (χ0v) is 68.7. The Labute approximate surface area is 698 Å². The molecule has 3 aliphatic heterocycles. The third-order valence-electron chi connectivity index (χ3n) is 19.3. The van der Waals surface area contributed by atoms with Crippen molar-refractivity contribution in [2.45, 2.75) is 57.1 Å². The number of amides is 2. The van der Waals surface area contributed by atoms with Gasteiger partial charge in [-0.25, -0.2) is 4.79 Å². The number of nitrogens with zero attached hydrogens (tertiary/aromatic N) is 6. The molecule has 7 aromatic carbocycles. The monoisotopic (exact) mass is 1760 g/mol. The Hall–Kier alpha value is -11.5. The average Bonchev–Trinajstić information content (AvgIpc) is 0.788. The molecular formula is C84H93BrClF9N14O11. The van der Waals surface area contributed by atoms with E-state index in [1.807, 2.05) is 90.8 Å². The molecule has 3 aliphatic rings. The molecule has 0 radical (unpaired) electrons. The van der Waals surface area contributed by atoms with Gasteiger partial charge in [0.2, 0.25) is 0 Å². The minimum Gasteiger partial charge on any atom is -0.478 e. The van der Waals surface area contributed by atoms with Crippen molar-refractivity contribution in [2.24, 2.45) is 26.9 Å². The number of carboxylic acid groups (broad SMARTS) is 1. The molecule has 10 aromatic rings. The first-order valence-electron chi connectivity index (χ1n) is 36.6. The van der Waals surface area contributed by atoms with Gasteiger partial charge in [-0.15, -0.1) is 11.6 Å². The molecule has 0 atom stereocenters. The molecule has 2 amide bonds. The predicted octanol–water partition coefficient (Wildman–Crippen LogP) is 15.6. The summed E-state index contributed by atoms with van der Waals surface area (Å²) in [5.74, 6) is -3.04. The normalized spacial score (nSPS) is 13.3. The number of rotatable bonds is 15. The fraction of sp³-hybridized carbons (Fsp3) is 0.286. The van der Waals surface area contributed by atoms with E-state index in [0.717, 1.165) is 98.8 Å². The SMILES string of the molecule is Cc1ccc(N)cc1-c1cc(N2CCOCC2)c(=O)n(C)c1.Cc1ccc(NC(=O)c2ccc(CCl)c(C(F)(F)F)c2)cc1-c1cc(N2CCOCC2)c(=O)n(C)c1.Cc1ccc(NC(=O)c2ccc(CN)c(C(F)(F)F)c2)cc1-c1cc(N2CCOCC2)c(=O)n(C)c1.N.N.Nc1ccccc1NO.O=C(O)c1ccc(CBr)c(C(F)(F)F)c1. The number of nitrogens with two attached hydrogens (primary N) is 3. The molecule has 17 N–H and O–H groups in total. The largest absolute Gasteiger partial charge is 0.478 e. The number of pyridine rings is 3. The van der Waals surface area contributed by atoms with Crippen LogP contribution in [0.15, 0.2) is 185 Å². The molecule has 36 heteroatoms. The minimum atomic E-state index is -4.63. The topological polar surface area (TPSA) is 379 Å². The third kappa shape index (κ3) is 24.6. The van der Waals surface area contributed by atoms with E-state index in [9.17, 15) is 68.3 Å². The number of carbonyl (C=O) groups excluding carboxylic acids is 2. The van der Waals surface area contributed by atoms with Gasteiger partial charge in [0.25, 0.3) is 28.5 Å². The van der Waals surface area contributed by atoms with Crippen LogP contribution in [0, 0.1) is 20.8 Å². The second kappa shape index (κ2) is 42.4. The number of benzene rings is 7. The molecule has 0 spiro atoms. The quantitative estimate of drug-likeness (QED) is 0.0197. The second-order valence-corrected chi connectivity index (χ2v) is 28.3. The number of para-hydroxylation sites is 2. The number of hydrogen-bond acceptors (Lipinski definition) is 19. The van der Waals surface area contributed by atoms with Crippen molar-refractivity contribution in [3.63, 3.8) is 0 Å². The van der Waals surface area contributed by atoms with Crippen molar-refractivity contribution in [3.05, 3.63) is 268 Å². The molecule has 3 saturated heterocycles. The van der Waals surface area contributed by atoms with Gasteiger partial charge in [-0.1, -0.05) is 64.5 Å². The highest BCUT2D eigenvalue weighted by atomic mass is 79.9. The molecule has 3 fully saturated rings. The number of aryl methyl sites for hydroxylation is 6. The number of halogens is 11. The van der Waals surface area contributed by atoms with Crippen LogP contribution in [-0.4, -0.2) is 121 Å². The fourth-order valence-electron chi connectivity index (χ4n) is 12.9. The van der Waals surface area contributed by atoms with Gasteiger partial charge in [-0.3, -0.25) is 34.7 Å². The van der Waals surface area contributed by atoms with E-state index in [0.29, 0.717) is 106 Å². The Balaban J connectivity index is 0.000000220. The zero-order valence-electron chi connectivity index (χ0n) is 66.3. The molecule has 120 heavy (non-hydrogen) atoms. The summed E-state index contributed by atoms with van der Waals surface area (Å²) in [7, 11) is 5.15. The molecule has 0 bridgehead atoms. The van der Waals surface area contributed by atoms with Gasteiger partial charge in [0.15, 0.2) is 0 Å². The number of anilines is 8. The Morgan fingerprint density at radius 1 is 0.475 bits per heavy atom. The summed E-state index contributed by atoms with van der Waals surface area (Å²) in [5, 5.41) is 22.3. The van der Waals surface area contributed by atoms with E-state index in [1.54, 1.807) is 86.6 Å². The van der Waals surface area contributed by atoms with Crippen molar-refractivity contribution in [2.75, 3.05) is 121 Å². The molecule has 6 heterocycles. The summed E-state index contributed by atoms with van der Waals surface area (Å²) in [6.45, 7) is 13.0. The summed E-state index contributed by atoms with van der Waals surface area (Å²) in [6.07, 6.45) is -8.47. The average molecular weight is 1760 g/mol. The van der Waals surface area contributed by atoms with Crippen LogP contribution in [0.1, 0.15) is 81.1 Å². The molecule has 0 saturated carbocycles. The first-order chi connectivity index (χ1) is 55.9. The van der Waals surface area contributed by atoms with Crippen molar-refractivity contribution < 1.29 is 78.4 Å². The van der Waals surface area contributed by atoms with Gasteiger partial charge in [0.05, 0.1) is 73.3 Å². The number of morpholine rings is 3. The van der Waals surface area contributed by atoms with Gasteiger partial charge in [-0.05, 0) is 174 Å². The second-order valence-electron chi connectivity index (χ2n) is 27.5. The maximum absolute atomic E-state index is 13.4. The first kappa shape index (κ1) is 95.6. The molecule has 3 aromatic heterocycles. The van der Waals surface area contributed by atoms with E-state index in [1.165, 1.54) is 33.4 Å². The standard InChI is InChI=1S/C26H25ClF3N3O3.C26H27F3N4O3.C17H21N3O2.C9H6BrF3O2.C6H8N2O.2H3N/c1-16-3-6-20(31-24(34)17-4-5-18(14-27)22(11-17)26(28,29)30)13-21(16)19-12-23(25(35)32(2)15-19)33-7-9-36-10-8-33;1-16-3-6-20(31-24(34)17-4-5-18(14-30)22(11-17)26(27,28)29)13-21(16)19-12-23(25(35)32(2)15-19)33-7-9-36-10-8-33;1-12-3-4-14(18)10-15(12)13-9-16(17(21)19(2)11-13)20-5-7-22-8-6-20;10-4-6-2-1-5(8(14)15)3-7(6)9(11,12)13;7-5-3-1-2-4-6(5)8-9;;/h3-6,11-13,15H,7-10,14H2,1-2H3,(H,31,34);3-6,11-13,15H,7-10,14,30H2,1-2H3,(H,31,34);3-4,9-11H,5-8,18H2,1-2H3;1-3H,4H2,(H,14,15);1-4,8-9H,7H2;2*1H3. The minimum absolute atomic E-state index is 0. The van der Waals surface area contributed by atoms with Crippen LogP contribution < -0.4 is 77.0 Å². The molecular weight excluding hydrogens is 1670 g/mol. The number of alkyl halides is 11. The summed E-state index contributed by atoms with van der Waals surface area (Å²) >= 11 is 8.56. The van der Waals surface area contributed by atoms with E-state index < -0.39 is 53.0 Å². The number of carboxylic acids is 1. The third-order valence-corrected chi connectivity index (χ3v) is 20.2. The van der Waals surface area contributed by atoms with Crippen LogP contribution in [-0.2, 0) is 71.6 Å². The molecule has 0 aliphatic carbocycles. The van der Waals surface area contributed by atoms with E-state index >= 15 is 0 Å². The number of carbonyl (C=O) groups is 3. The van der Waals surface area contributed by atoms with Crippen molar-refractivity contribution >= 4 is 90.8 Å².